The SMILES string of the molecule is C[C@@H](c1ccc(Br)cc1)N1C=C[C@](CCCO)(c2ccc(F)cc2)OC1. The number of aliphatic hydroxyl groups excluding tert-OH is 1. The second-order valence-corrected chi connectivity index (χ2v) is 7.47. The van der Waals surface area contributed by atoms with Crippen molar-refractivity contribution in [3.05, 3.63) is 82.2 Å². The van der Waals surface area contributed by atoms with Crippen molar-refractivity contribution in [1.29, 1.82) is 0 Å². The minimum absolute atomic E-state index is 0.0964. The van der Waals surface area contributed by atoms with E-state index in [4.69, 9.17) is 4.74 Å². The van der Waals surface area contributed by atoms with E-state index < -0.39 is 5.60 Å². The van der Waals surface area contributed by atoms with Crippen LogP contribution in [0.3, 0.4) is 0 Å². The Bertz CT molecular complexity index is 748. The van der Waals surface area contributed by atoms with E-state index in [9.17, 15) is 9.50 Å². The molecule has 5 heteroatoms. The van der Waals surface area contributed by atoms with E-state index in [2.05, 4.69) is 46.1 Å². The van der Waals surface area contributed by atoms with Crippen LogP contribution in [-0.4, -0.2) is 23.3 Å². The van der Waals surface area contributed by atoms with Gasteiger partial charge in [-0.3, -0.25) is 0 Å². The van der Waals surface area contributed by atoms with Crippen molar-refractivity contribution < 1.29 is 14.2 Å². The van der Waals surface area contributed by atoms with Gasteiger partial charge in [0.15, 0.2) is 0 Å². The summed E-state index contributed by atoms with van der Waals surface area (Å²) in [5, 5.41) is 9.26. The summed E-state index contributed by atoms with van der Waals surface area (Å²) in [6, 6.07) is 14.8. The van der Waals surface area contributed by atoms with Crippen LogP contribution in [-0.2, 0) is 10.3 Å². The predicted molar refractivity (Wildman–Crippen MR) is 104 cm³/mol. The molecule has 0 bridgehead atoms. The summed E-state index contributed by atoms with van der Waals surface area (Å²) < 4.78 is 20.6. The molecule has 3 nitrogen and oxygen atoms in total. The Balaban J connectivity index is 1.82. The predicted octanol–water partition coefficient (Wildman–Crippen LogP) is 5.12. The highest BCUT2D eigenvalue weighted by molar-refractivity contribution is 9.10. The lowest BCUT2D eigenvalue weighted by molar-refractivity contribution is -0.0887. The van der Waals surface area contributed by atoms with Crippen molar-refractivity contribution in [3.63, 3.8) is 0 Å². The Morgan fingerprint density at radius 1 is 1.19 bits per heavy atom. The monoisotopic (exact) mass is 419 g/mol. The minimum Gasteiger partial charge on any atom is -0.396 e. The van der Waals surface area contributed by atoms with E-state index in [0.29, 0.717) is 19.6 Å². The van der Waals surface area contributed by atoms with E-state index in [0.717, 1.165) is 10.0 Å². The Morgan fingerprint density at radius 3 is 2.46 bits per heavy atom. The van der Waals surface area contributed by atoms with Gasteiger partial charge >= 0.3 is 0 Å². The number of nitrogens with zero attached hydrogens (tertiary/aromatic N) is 1. The van der Waals surface area contributed by atoms with Gasteiger partial charge in [0.1, 0.15) is 18.1 Å². The average molecular weight is 420 g/mol. The highest BCUT2D eigenvalue weighted by Crippen LogP contribution is 2.37. The van der Waals surface area contributed by atoms with Crippen LogP contribution in [0, 0.1) is 5.82 Å². The van der Waals surface area contributed by atoms with Crippen LogP contribution < -0.4 is 0 Å². The van der Waals surface area contributed by atoms with Crippen LogP contribution in [0.25, 0.3) is 0 Å². The fourth-order valence-electron chi connectivity index (χ4n) is 3.22. The largest absolute Gasteiger partial charge is 0.396 e. The van der Waals surface area contributed by atoms with Gasteiger partial charge in [-0.25, -0.2) is 4.39 Å². The molecular formula is C21H23BrFNO2. The van der Waals surface area contributed by atoms with E-state index in [1.807, 2.05) is 18.2 Å². The third-order valence-electron chi connectivity index (χ3n) is 4.90. The molecule has 2 aromatic carbocycles. The molecule has 1 aliphatic rings. The summed E-state index contributed by atoms with van der Waals surface area (Å²) in [5.41, 5.74) is 1.47. The molecule has 0 unspecified atom stereocenters. The first-order valence-corrected chi connectivity index (χ1v) is 9.55. The molecule has 0 spiro atoms. The minimum atomic E-state index is -0.633. The number of halogens is 2. The van der Waals surface area contributed by atoms with Crippen LogP contribution in [0.1, 0.15) is 36.9 Å². The van der Waals surface area contributed by atoms with E-state index in [1.165, 1.54) is 17.7 Å². The first kappa shape index (κ1) is 19.1. The van der Waals surface area contributed by atoms with Gasteiger partial charge in [-0.05, 0) is 61.2 Å². The number of benzene rings is 2. The lowest BCUT2D eigenvalue weighted by Gasteiger charge is -2.40. The number of ether oxygens (including phenoxy) is 1. The second-order valence-electron chi connectivity index (χ2n) is 6.55. The van der Waals surface area contributed by atoms with Gasteiger partial charge in [0.05, 0.1) is 6.04 Å². The van der Waals surface area contributed by atoms with E-state index >= 15 is 0 Å². The molecule has 1 aliphatic heterocycles. The van der Waals surface area contributed by atoms with Crippen LogP contribution >= 0.6 is 15.9 Å². The highest BCUT2D eigenvalue weighted by atomic mass is 79.9. The zero-order valence-electron chi connectivity index (χ0n) is 14.7. The molecule has 0 aromatic heterocycles. The summed E-state index contributed by atoms with van der Waals surface area (Å²) >= 11 is 3.46. The Hall–Kier alpha value is -1.69. The first-order valence-electron chi connectivity index (χ1n) is 8.75. The summed E-state index contributed by atoms with van der Waals surface area (Å²) in [6.07, 6.45) is 5.34. The molecule has 26 heavy (non-hydrogen) atoms. The third kappa shape index (κ3) is 4.17. The molecule has 138 valence electrons. The van der Waals surface area contributed by atoms with E-state index in [1.54, 1.807) is 12.1 Å². The maximum atomic E-state index is 13.3. The van der Waals surface area contributed by atoms with Gasteiger partial charge in [0.25, 0.3) is 0 Å². The topological polar surface area (TPSA) is 32.7 Å². The van der Waals surface area contributed by atoms with Crippen molar-refractivity contribution in [2.75, 3.05) is 13.3 Å². The summed E-state index contributed by atoms with van der Waals surface area (Å²) in [6.45, 7) is 2.66. The molecular weight excluding hydrogens is 397 g/mol. The van der Waals surface area contributed by atoms with Crippen LogP contribution in [0.15, 0.2) is 65.3 Å². The molecule has 0 aliphatic carbocycles. The first-order chi connectivity index (χ1) is 12.5. The molecule has 0 radical (unpaired) electrons. The third-order valence-corrected chi connectivity index (χ3v) is 5.42. The van der Waals surface area contributed by atoms with E-state index in [-0.39, 0.29) is 18.5 Å². The van der Waals surface area contributed by atoms with Gasteiger partial charge in [-0.15, -0.1) is 0 Å². The molecule has 0 saturated heterocycles. The van der Waals surface area contributed by atoms with Crippen molar-refractivity contribution in [2.45, 2.75) is 31.4 Å². The zero-order valence-corrected chi connectivity index (χ0v) is 16.3. The molecule has 3 rings (SSSR count). The Kier molecular flexibility index (Phi) is 6.12. The quantitative estimate of drug-likeness (QED) is 0.704. The van der Waals surface area contributed by atoms with Gasteiger partial charge < -0.3 is 14.7 Å². The summed E-state index contributed by atoms with van der Waals surface area (Å²) in [7, 11) is 0. The van der Waals surface area contributed by atoms with Crippen molar-refractivity contribution in [1.82, 2.24) is 4.90 Å². The fourth-order valence-corrected chi connectivity index (χ4v) is 3.49. The zero-order chi connectivity index (χ0) is 18.6. The van der Waals surface area contributed by atoms with Gasteiger partial charge in [0.2, 0.25) is 0 Å². The normalized spacial score (nSPS) is 21.0. The van der Waals surface area contributed by atoms with Crippen LogP contribution in [0.5, 0.6) is 0 Å². The molecule has 1 heterocycles. The maximum Gasteiger partial charge on any atom is 0.123 e. The van der Waals surface area contributed by atoms with Crippen LogP contribution in [0.2, 0.25) is 0 Å². The number of rotatable bonds is 6. The highest BCUT2D eigenvalue weighted by Gasteiger charge is 2.34. The molecule has 0 saturated carbocycles. The smallest absolute Gasteiger partial charge is 0.123 e. The number of hydrogen-bond donors (Lipinski definition) is 1. The molecule has 2 atom stereocenters. The molecule has 0 amide bonds. The second kappa shape index (κ2) is 8.33. The van der Waals surface area contributed by atoms with Gasteiger partial charge in [-0.1, -0.05) is 40.2 Å². The van der Waals surface area contributed by atoms with Crippen molar-refractivity contribution in [3.8, 4) is 0 Å². The summed E-state index contributed by atoms with van der Waals surface area (Å²) in [5.74, 6) is -0.267. The molecule has 1 N–H and O–H groups in total. The van der Waals surface area contributed by atoms with Crippen molar-refractivity contribution in [2.24, 2.45) is 0 Å². The lowest BCUT2D eigenvalue weighted by atomic mass is 9.88. The van der Waals surface area contributed by atoms with Crippen molar-refractivity contribution >= 4 is 15.9 Å². The summed E-state index contributed by atoms with van der Waals surface area (Å²) in [4.78, 5) is 2.13. The van der Waals surface area contributed by atoms with Gasteiger partial charge in [-0.2, -0.15) is 0 Å². The van der Waals surface area contributed by atoms with Crippen LogP contribution in [0.4, 0.5) is 4.39 Å². The van der Waals surface area contributed by atoms with Gasteiger partial charge in [0, 0.05) is 17.3 Å². The Labute approximate surface area is 162 Å². The lowest BCUT2D eigenvalue weighted by Crippen LogP contribution is -2.38. The molecule has 2 aromatic rings. The number of aliphatic hydroxyl groups is 1. The average Bonchev–Trinajstić information content (AvgIpc) is 2.67. The molecule has 0 fully saturated rings. The number of hydrogen-bond acceptors (Lipinski definition) is 3. The standard InChI is InChI=1S/C21H23BrFNO2/c1-16(17-3-7-19(22)8-4-17)24-13-12-21(26-15-24,11-2-14-25)18-5-9-20(23)10-6-18/h3-10,12-13,16,25H,2,11,14-15H2,1H3/t16-,21+/m0/s1. The maximum absolute atomic E-state index is 13.3. The fraction of sp³-hybridized carbons (Fsp3) is 0.333. The Morgan fingerprint density at radius 2 is 1.88 bits per heavy atom.